The summed E-state index contributed by atoms with van der Waals surface area (Å²) in [5.74, 6) is 0. The van der Waals surface area contributed by atoms with Gasteiger partial charge in [-0.15, -0.1) is 0 Å². The topological polar surface area (TPSA) is 61.7 Å². The molecule has 0 amide bonds. The fourth-order valence-corrected chi connectivity index (χ4v) is 2.47. The Morgan fingerprint density at radius 1 is 0.677 bits per heavy atom. The molecule has 0 atom stereocenters. The molecule has 0 aliphatic carbocycles. The number of aromatic nitrogens is 1. The number of nitrogens with one attached hydrogen (secondary N) is 2. The molecule has 3 rings (SSSR count). The van der Waals surface area contributed by atoms with Gasteiger partial charge in [0.1, 0.15) is 0 Å². The van der Waals surface area contributed by atoms with Crippen LogP contribution < -0.4 is 48.1 Å². The first-order valence-electron chi connectivity index (χ1n) is 8.82. The van der Waals surface area contributed by atoms with Crippen molar-refractivity contribution in [1.82, 2.24) is 4.98 Å². The van der Waals surface area contributed by atoms with Crippen LogP contribution in [0.4, 0.5) is 11.4 Å². The molecule has 165 valence electrons. The van der Waals surface area contributed by atoms with E-state index in [1.165, 1.54) is 0 Å². The Balaban J connectivity index is 0. The van der Waals surface area contributed by atoms with E-state index < -0.39 is 0 Å². The largest absolute Gasteiger partial charge is 3.00 e. The second kappa shape index (κ2) is 15.7. The predicted molar refractivity (Wildman–Crippen MR) is 114 cm³/mol. The van der Waals surface area contributed by atoms with Crippen LogP contribution in [0.15, 0.2) is 83.0 Å². The maximum Gasteiger partial charge on any atom is 3.00 e. The molecule has 1 radical (unpaired) electrons. The van der Waals surface area contributed by atoms with Crippen molar-refractivity contribution in [2.75, 3.05) is 10.9 Å². The van der Waals surface area contributed by atoms with E-state index in [0.717, 1.165) is 39.7 Å². The Labute approximate surface area is 212 Å². The molecule has 0 aliphatic rings. The van der Waals surface area contributed by atoms with Crippen LogP contribution in [0, 0.1) is 6.92 Å². The minimum Gasteiger partial charge on any atom is -1.00 e. The minimum atomic E-state index is 0. The smallest absolute Gasteiger partial charge is 1.00 e. The van der Waals surface area contributed by atoms with Gasteiger partial charge in [0.15, 0.2) is 0 Å². The second-order valence-electron chi connectivity index (χ2n) is 6.27. The minimum absolute atomic E-state index is 0. The number of pyridine rings is 1. The summed E-state index contributed by atoms with van der Waals surface area (Å²) in [5.41, 5.74) is 12.4. The van der Waals surface area contributed by atoms with Crippen LogP contribution in [-0.4, -0.2) is 16.4 Å². The van der Waals surface area contributed by atoms with Crippen LogP contribution in [0.25, 0.3) is 0 Å². The summed E-state index contributed by atoms with van der Waals surface area (Å²) in [6.45, 7) is 5.93. The molecule has 5 nitrogen and oxygen atoms in total. The molecule has 1 heterocycles. The molecule has 2 aromatic carbocycles. The Bertz CT molecular complexity index is 892. The quantitative estimate of drug-likeness (QED) is 0.199. The summed E-state index contributed by atoms with van der Waals surface area (Å²) < 4.78 is 0. The number of halogens is 3. The fraction of sp³-hybridized carbons (Fsp3) is 0.136. The summed E-state index contributed by atoms with van der Waals surface area (Å²) in [4.78, 5) is 4.72. The maximum atomic E-state index is 4.72. The molecular weight excluding hydrogens is 496 g/mol. The van der Waals surface area contributed by atoms with Crippen molar-refractivity contribution < 1.29 is 54.3 Å². The Morgan fingerprint density at radius 3 is 1.39 bits per heavy atom. The van der Waals surface area contributed by atoms with Crippen molar-refractivity contribution in [1.29, 1.82) is 0 Å². The molecule has 0 bridgehead atoms. The van der Waals surface area contributed by atoms with Crippen molar-refractivity contribution >= 4 is 22.8 Å². The first-order valence-corrected chi connectivity index (χ1v) is 8.82. The average molecular weight is 520 g/mol. The van der Waals surface area contributed by atoms with E-state index in [-0.39, 0.29) is 54.3 Å². The van der Waals surface area contributed by atoms with E-state index in [2.05, 4.69) is 21.1 Å². The summed E-state index contributed by atoms with van der Waals surface area (Å²) in [7, 11) is 0. The van der Waals surface area contributed by atoms with Gasteiger partial charge in [0.05, 0.1) is 34.2 Å². The van der Waals surface area contributed by atoms with Crippen molar-refractivity contribution in [3.8, 4) is 0 Å². The number of hydrazone groups is 2. The third-order valence-corrected chi connectivity index (χ3v) is 3.96. The number of hydrogen-bond acceptors (Lipinski definition) is 5. The molecule has 9 heteroatoms. The van der Waals surface area contributed by atoms with Gasteiger partial charge in [0, 0.05) is 0 Å². The van der Waals surface area contributed by atoms with Gasteiger partial charge in [0.2, 0.25) is 0 Å². The Hall–Kier alpha value is -2.08. The third-order valence-electron chi connectivity index (χ3n) is 3.96. The number of rotatable bonds is 6. The van der Waals surface area contributed by atoms with Gasteiger partial charge < -0.3 is 37.2 Å². The van der Waals surface area contributed by atoms with Crippen molar-refractivity contribution in [2.24, 2.45) is 10.2 Å². The maximum absolute atomic E-state index is 4.72. The van der Waals surface area contributed by atoms with Crippen LogP contribution in [0.1, 0.15) is 30.8 Å². The van der Waals surface area contributed by atoms with Crippen LogP contribution >= 0.6 is 0 Å². The number of aryl methyl sites for hydroxylation is 1. The zero-order valence-electron chi connectivity index (χ0n) is 17.3. The zero-order valence-corrected chi connectivity index (χ0v) is 20.6. The number of nitrogens with zero attached hydrogens (tertiary/aromatic N) is 3. The number of para-hydroxylation sites is 2. The molecule has 3 aromatic rings. The van der Waals surface area contributed by atoms with Gasteiger partial charge in [-0.3, -0.25) is 10.9 Å². The van der Waals surface area contributed by atoms with E-state index in [0.29, 0.717) is 0 Å². The average Bonchev–Trinajstić information content (AvgIpc) is 2.71. The van der Waals surface area contributed by atoms with E-state index >= 15 is 0 Å². The standard InChI is InChI=1S/C22H23N5.3ClH.Fe/c1-16-14-21(17(2)24-26-19-10-6-4-7-11-19)23-22(15-16)18(3)25-27-20-12-8-5-9-13-20;;;;/h4-15,26-27H,1-3H3;3*1H;/q;;;;+3/p-3. The van der Waals surface area contributed by atoms with E-state index in [1.807, 2.05) is 93.6 Å². The molecule has 2 N–H and O–H groups in total. The van der Waals surface area contributed by atoms with Crippen LogP contribution in [0.2, 0.25) is 0 Å². The van der Waals surface area contributed by atoms with E-state index in [9.17, 15) is 0 Å². The Kier molecular flexibility index (Phi) is 15.7. The predicted octanol–water partition coefficient (Wildman–Crippen LogP) is -3.93. The summed E-state index contributed by atoms with van der Waals surface area (Å²) >= 11 is 0. The molecule has 0 saturated carbocycles. The number of benzene rings is 2. The van der Waals surface area contributed by atoms with Crippen molar-refractivity contribution in [2.45, 2.75) is 20.8 Å². The zero-order chi connectivity index (χ0) is 19.1. The van der Waals surface area contributed by atoms with Crippen molar-refractivity contribution in [3.63, 3.8) is 0 Å². The van der Waals surface area contributed by atoms with E-state index in [1.54, 1.807) is 0 Å². The third kappa shape index (κ3) is 9.72. The summed E-state index contributed by atoms with van der Waals surface area (Å²) in [5, 5.41) is 8.90. The monoisotopic (exact) mass is 518 g/mol. The van der Waals surface area contributed by atoms with Crippen molar-refractivity contribution in [3.05, 3.63) is 89.7 Å². The molecule has 0 saturated heterocycles. The summed E-state index contributed by atoms with van der Waals surface area (Å²) in [6.07, 6.45) is 0. The van der Waals surface area contributed by atoms with Gasteiger partial charge in [-0.25, -0.2) is 4.98 Å². The number of hydrogen-bond donors (Lipinski definition) is 2. The van der Waals surface area contributed by atoms with Crippen LogP contribution in [0.5, 0.6) is 0 Å². The molecule has 31 heavy (non-hydrogen) atoms. The summed E-state index contributed by atoms with van der Waals surface area (Å²) in [6, 6.07) is 23.7. The first kappa shape index (κ1) is 31.1. The molecule has 0 aliphatic heterocycles. The van der Waals surface area contributed by atoms with Gasteiger partial charge in [-0.2, -0.15) is 10.2 Å². The fourth-order valence-electron chi connectivity index (χ4n) is 2.47. The number of anilines is 2. The molecular formula is C22H23Cl3FeN5. The second-order valence-corrected chi connectivity index (χ2v) is 6.27. The van der Waals surface area contributed by atoms with E-state index in [4.69, 9.17) is 4.98 Å². The molecule has 0 fully saturated rings. The normalized spacial score (nSPS) is 10.4. The van der Waals surface area contributed by atoms with Crippen LogP contribution in [-0.2, 0) is 17.1 Å². The van der Waals surface area contributed by atoms with Crippen LogP contribution in [0.3, 0.4) is 0 Å². The Morgan fingerprint density at radius 2 is 1.03 bits per heavy atom. The van der Waals surface area contributed by atoms with Gasteiger partial charge >= 0.3 is 17.1 Å². The SMILES string of the molecule is CC(=NNc1ccccc1)c1cc(C)cc(C(C)=NNc2ccccc2)n1.[Cl-].[Cl-].[Cl-].[Fe+3]. The van der Waals surface area contributed by atoms with Gasteiger partial charge in [0.25, 0.3) is 0 Å². The van der Waals surface area contributed by atoms with Gasteiger partial charge in [-0.05, 0) is 62.7 Å². The molecule has 0 unspecified atom stereocenters. The van der Waals surface area contributed by atoms with Gasteiger partial charge in [-0.1, -0.05) is 36.4 Å². The molecule has 1 aromatic heterocycles. The first-order chi connectivity index (χ1) is 13.1. The molecule has 0 spiro atoms.